The van der Waals surface area contributed by atoms with Gasteiger partial charge in [-0.05, 0) is 64.3 Å². The van der Waals surface area contributed by atoms with Crippen molar-refractivity contribution < 1.29 is 14.3 Å². The van der Waals surface area contributed by atoms with Gasteiger partial charge in [0.05, 0.1) is 5.56 Å². The number of furan rings is 1. The van der Waals surface area contributed by atoms with E-state index in [9.17, 15) is 9.90 Å². The standard InChI is InChI=1S/C20H28N2O3/c1-13-6-5-9-22(11-13)12-20(3,4)21-19(24)18-14(2)25-17-8-7-15(23)10-16(17)18/h7-8,10,13,23H,5-6,9,11-12H2,1-4H3,(H,21,24). The van der Waals surface area contributed by atoms with Gasteiger partial charge in [0.1, 0.15) is 17.1 Å². The van der Waals surface area contributed by atoms with E-state index in [1.165, 1.54) is 12.8 Å². The molecule has 1 aromatic carbocycles. The molecule has 0 bridgehead atoms. The Morgan fingerprint density at radius 1 is 1.44 bits per heavy atom. The Morgan fingerprint density at radius 3 is 2.92 bits per heavy atom. The van der Waals surface area contributed by atoms with Gasteiger partial charge >= 0.3 is 0 Å². The van der Waals surface area contributed by atoms with Crippen molar-refractivity contribution in [2.24, 2.45) is 5.92 Å². The Hall–Kier alpha value is -2.01. The van der Waals surface area contributed by atoms with Crippen LogP contribution in [0.1, 0.15) is 49.7 Å². The van der Waals surface area contributed by atoms with Crippen LogP contribution in [-0.2, 0) is 0 Å². The second-order valence-electron chi connectivity index (χ2n) is 8.03. The SMILES string of the molecule is Cc1oc2ccc(O)cc2c1C(=O)NC(C)(C)CN1CCCC(C)C1. The van der Waals surface area contributed by atoms with Gasteiger partial charge in [0, 0.05) is 24.0 Å². The number of fused-ring (bicyclic) bond motifs is 1. The zero-order chi connectivity index (χ0) is 18.2. The quantitative estimate of drug-likeness (QED) is 0.888. The largest absolute Gasteiger partial charge is 0.508 e. The molecule has 3 rings (SSSR count). The number of aryl methyl sites for hydroxylation is 1. The Kier molecular flexibility index (Phi) is 4.78. The van der Waals surface area contributed by atoms with Crippen LogP contribution in [0.5, 0.6) is 5.75 Å². The number of piperidine rings is 1. The van der Waals surface area contributed by atoms with E-state index in [0.717, 1.165) is 19.6 Å². The molecular formula is C20H28N2O3. The number of hydrogen-bond acceptors (Lipinski definition) is 4. The van der Waals surface area contributed by atoms with Gasteiger partial charge in [0.2, 0.25) is 0 Å². The molecule has 2 aromatic rings. The summed E-state index contributed by atoms with van der Waals surface area (Å²) in [7, 11) is 0. The second kappa shape index (κ2) is 6.71. The predicted molar refractivity (Wildman–Crippen MR) is 99.0 cm³/mol. The van der Waals surface area contributed by atoms with E-state index < -0.39 is 0 Å². The summed E-state index contributed by atoms with van der Waals surface area (Å²) in [6, 6.07) is 4.84. The first-order valence-corrected chi connectivity index (χ1v) is 9.02. The van der Waals surface area contributed by atoms with Crippen LogP contribution in [0.25, 0.3) is 11.0 Å². The summed E-state index contributed by atoms with van der Waals surface area (Å²) >= 11 is 0. The lowest BCUT2D eigenvalue weighted by molar-refractivity contribution is 0.0863. The molecule has 136 valence electrons. The molecule has 1 atom stereocenters. The molecule has 0 radical (unpaired) electrons. The van der Waals surface area contributed by atoms with E-state index >= 15 is 0 Å². The van der Waals surface area contributed by atoms with Crippen LogP contribution < -0.4 is 5.32 Å². The molecule has 0 aliphatic carbocycles. The summed E-state index contributed by atoms with van der Waals surface area (Å²) in [5.41, 5.74) is 0.773. The van der Waals surface area contributed by atoms with Gasteiger partial charge in [-0.25, -0.2) is 0 Å². The fourth-order valence-corrected chi connectivity index (χ4v) is 3.89. The van der Waals surface area contributed by atoms with E-state index in [1.807, 2.05) is 0 Å². The predicted octanol–water partition coefficient (Wildman–Crippen LogP) is 3.69. The molecule has 2 N–H and O–H groups in total. The summed E-state index contributed by atoms with van der Waals surface area (Å²) in [6.07, 6.45) is 2.50. The summed E-state index contributed by atoms with van der Waals surface area (Å²) in [5, 5.41) is 13.5. The minimum absolute atomic E-state index is 0.129. The molecule has 1 aliphatic rings. The van der Waals surface area contributed by atoms with Gasteiger partial charge in [-0.2, -0.15) is 0 Å². The van der Waals surface area contributed by atoms with Gasteiger partial charge in [0.25, 0.3) is 5.91 Å². The number of rotatable bonds is 4. The number of phenols is 1. The number of nitrogens with zero attached hydrogens (tertiary/aromatic N) is 1. The average molecular weight is 344 g/mol. The molecule has 0 spiro atoms. The number of phenolic OH excluding ortho intramolecular Hbond substituents is 1. The van der Waals surface area contributed by atoms with Crippen molar-refractivity contribution in [3.05, 3.63) is 29.5 Å². The first kappa shape index (κ1) is 17.8. The van der Waals surface area contributed by atoms with Crippen molar-refractivity contribution in [1.29, 1.82) is 0 Å². The zero-order valence-electron chi connectivity index (χ0n) is 15.6. The third-order valence-electron chi connectivity index (χ3n) is 4.89. The smallest absolute Gasteiger partial charge is 0.255 e. The molecule has 1 saturated heterocycles. The van der Waals surface area contributed by atoms with E-state index in [2.05, 4.69) is 31.0 Å². The molecule has 5 nitrogen and oxygen atoms in total. The molecule has 1 amide bonds. The van der Waals surface area contributed by atoms with E-state index in [0.29, 0.717) is 28.2 Å². The topological polar surface area (TPSA) is 65.7 Å². The van der Waals surface area contributed by atoms with Gasteiger partial charge in [-0.1, -0.05) is 6.92 Å². The molecule has 25 heavy (non-hydrogen) atoms. The highest BCUT2D eigenvalue weighted by Crippen LogP contribution is 2.29. The third-order valence-corrected chi connectivity index (χ3v) is 4.89. The summed E-state index contributed by atoms with van der Waals surface area (Å²) < 4.78 is 5.67. The van der Waals surface area contributed by atoms with E-state index in [-0.39, 0.29) is 17.2 Å². The Labute approximate surface area is 149 Å². The lowest BCUT2D eigenvalue weighted by Crippen LogP contribution is -2.53. The number of carbonyl (C=O) groups is 1. The Bertz CT molecular complexity index is 779. The van der Waals surface area contributed by atoms with Gasteiger partial charge in [-0.3, -0.25) is 4.79 Å². The first-order valence-electron chi connectivity index (χ1n) is 9.02. The maximum atomic E-state index is 12.9. The van der Waals surface area contributed by atoms with Crippen LogP contribution in [-0.4, -0.2) is 41.1 Å². The lowest BCUT2D eigenvalue weighted by Gasteiger charge is -2.37. The number of aromatic hydroxyl groups is 1. The monoisotopic (exact) mass is 344 g/mol. The number of nitrogens with one attached hydrogen (secondary N) is 1. The minimum Gasteiger partial charge on any atom is -0.508 e. The normalized spacial score (nSPS) is 19.3. The molecule has 5 heteroatoms. The van der Waals surface area contributed by atoms with Crippen LogP contribution >= 0.6 is 0 Å². The van der Waals surface area contributed by atoms with Gasteiger partial charge in [-0.15, -0.1) is 0 Å². The van der Waals surface area contributed by atoms with Crippen molar-refractivity contribution in [2.75, 3.05) is 19.6 Å². The molecular weight excluding hydrogens is 316 g/mol. The van der Waals surface area contributed by atoms with Crippen LogP contribution in [0.2, 0.25) is 0 Å². The van der Waals surface area contributed by atoms with Crippen LogP contribution in [0.15, 0.2) is 22.6 Å². The van der Waals surface area contributed by atoms with Crippen LogP contribution in [0.4, 0.5) is 0 Å². The van der Waals surface area contributed by atoms with Gasteiger partial charge < -0.3 is 19.7 Å². The summed E-state index contributed by atoms with van der Waals surface area (Å²) in [5.74, 6) is 1.25. The van der Waals surface area contributed by atoms with Crippen LogP contribution in [0, 0.1) is 12.8 Å². The van der Waals surface area contributed by atoms with E-state index in [1.54, 1.807) is 25.1 Å². The third kappa shape index (κ3) is 3.98. The number of benzene rings is 1. The molecule has 0 saturated carbocycles. The number of likely N-dealkylation sites (tertiary alicyclic amines) is 1. The summed E-state index contributed by atoms with van der Waals surface area (Å²) in [4.78, 5) is 15.3. The highest BCUT2D eigenvalue weighted by atomic mass is 16.3. The highest BCUT2D eigenvalue weighted by Gasteiger charge is 2.28. The van der Waals surface area contributed by atoms with Gasteiger partial charge in [0.15, 0.2) is 0 Å². The molecule has 2 heterocycles. The Balaban J connectivity index is 1.77. The van der Waals surface area contributed by atoms with Crippen molar-refractivity contribution in [2.45, 2.75) is 46.1 Å². The molecule has 1 unspecified atom stereocenters. The minimum atomic E-state index is -0.346. The molecule has 1 fully saturated rings. The van der Waals surface area contributed by atoms with Crippen molar-refractivity contribution in [3.63, 3.8) is 0 Å². The number of carbonyl (C=O) groups excluding carboxylic acids is 1. The maximum Gasteiger partial charge on any atom is 0.255 e. The van der Waals surface area contributed by atoms with E-state index in [4.69, 9.17) is 4.42 Å². The first-order chi connectivity index (χ1) is 11.7. The summed E-state index contributed by atoms with van der Waals surface area (Å²) in [6.45, 7) is 11.2. The maximum absolute atomic E-state index is 12.9. The number of amides is 1. The van der Waals surface area contributed by atoms with Crippen molar-refractivity contribution in [1.82, 2.24) is 10.2 Å². The molecule has 1 aromatic heterocycles. The highest BCUT2D eigenvalue weighted by molar-refractivity contribution is 6.07. The Morgan fingerprint density at radius 2 is 2.20 bits per heavy atom. The number of hydrogen-bond donors (Lipinski definition) is 2. The van der Waals surface area contributed by atoms with Crippen molar-refractivity contribution >= 4 is 16.9 Å². The molecule has 1 aliphatic heterocycles. The fourth-order valence-electron chi connectivity index (χ4n) is 3.89. The fraction of sp³-hybridized carbons (Fsp3) is 0.550. The average Bonchev–Trinajstić information content (AvgIpc) is 2.81. The lowest BCUT2D eigenvalue weighted by atomic mass is 9.97. The van der Waals surface area contributed by atoms with Crippen molar-refractivity contribution in [3.8, 4) is 5.75 Å². The zero-order valence-corrected chi connectivity index (χ0v) is 15.6. The van der Waals surface area contributed by atoms with Crippen LogP contribution in [0.3, 0.4) is 0 Å². The second-order valence-corrected chi connectivity index (χ2v) is 8.03.